The Labute approximate surface area is 123 Å². The van der Waals surface area contributed by atoms with Crippen molar-refractivity contribution < 1.29 is 24.2 Å². The van der Waals surface area contributed by atoms with Gasteiger partial charge in [-0.1, -0.05) is 18.2 Å². The SMILES string of the molecule is COc1ccccc1CC(=O)NC1COCC1(C)C(=O)O. The topological polar surface area (TPSA) is 84.9 Å². The molecule has 1 aliphatic heterocycles. The number of amides is 1. The Morgan fingerprint density at radius 3 is 2.86 bits per heavy atom. The van der Waals surface area contributed by atoms with Gasteiger partial charge in [-0.05, 0) is 13.0 Å². The number of carbonyl (C=O) groups is 2. The number of aliphatic carboxylic acids is 1. The Morgan fingerprint density at radius 1 is 1.48 bits per heavy atom. The van der Waals surface area contributed by atoms with Gasteiger partial charge in [0, 0.05) is 5.56 Å². The molecule has 1 saturated heterocycles. The molecule has 0 spiro atoms. The average molecular weight is 293 g/mol. The van der Waals surface area contributed by atoms with Gasteiger partial charge in [0.05, 0.1) is 32.8 Å². The number of carbonyl (C=O) groups excluding carboxylic acids is 1. The van der Waals surface area contributed by atoms with Gasteiger partial charge in [-0.25, -0.2) is 0 Å². The Bertz CT molecular complexity index is 545. The van der Waals surface area contributed by atoms with Gasteiger partial charge in [0.2, 0.25) is 5.91 Å². The molecule has 21 heavy (non-hydrogen) atoms. The van der Waals surface area contributed by atoms with Crippen molar-refractivity contribution in [1.29, 1.82) is 0 Å². The molecular formula is C15H19NO5. The number of carboxylic acid groups (broad SMARTS) is 1. The molecule has 1 aromatic rings. The maximum Gasteiger partial charge on any atom is 0.313 e. The molecular weight excluding hydrogens is 274 g/mol. The van der Waals surface area contributed by atoms with Crippen molar-refractivity contribution >= 4 is 11.9 Å². The first-order chi connectivity index (χ1) is 9.97. The largest absolute Gasteiger partial charge is 0.496 e. The zero-order valence-corrected chi connectivity index (χ0v) is 12.1. The van der Waals surface area contributed by atoms with Crippen LogP contribution in [0.5, 0.6) is 5.75 Å². The first-order valence-electron chi connectivity index (χ1n) is 6.70. The zero-order chi connectivity index (χ0) is 15.5. The van der Waals surface area contributed by atoms with Crippen molar-refractivity contribution in [3.8, 4) is 5.75 Å². The molecule has 114 valence electrons. The number of hydrogen-bond acceptors (Lipinski definition) is 4. The first kappa shape index (κ1) is 15.3. The molecule has 6 heteroatoms. The van der Waals surface area contributed by atoms with E-state index in [0.717, 1.165) is 5.56 Å². The number of ether oxygens (including phenoxy) is 2. The molecule has 0 bridgehead atoms. The summed E-state index contributed by atoms with van der Waals surface area (Å²) in [5.74, 6) is -0.582. The number of para-hydroxylation sites is 1. The Kier molecular flexibility index (Phi) is 4.47. The van der Waals surface area contributed by atoms with E-state index in [4.69, 9.17) is 9.47 Å². The monoisotopic (exact) mass is 293 g/mol. The highest BCUT2D eigenvalue weighted by atomic mass is 16.5. The Morgan fingerprint density at radius 2 is 2.19 bits per heavy atom. The van der Waals surface area contributed by atoms with Crippen molar-refractivity contribution in [1.82, 2.24) is 5.32 Å². The molecule has 0 radical (unpaired) electrons. The third kappa shape index (κ3) is 3.16. The van der Waals surface area contributed by atoms with Crippen LogP contribution in [0.25, 0.3) is 0 Å². The molecule has 2 rings (SSSR count). The Balaban J connectivity index is 2.03. The van der Waals surface area contributed by atoms with Gasteiger partial charge in [-0.3, -0.25) is 9.59 Å². The van der Waals surface area contributed by atoms with Crippen LogP contribution in [0.4, 0.5) is 0 Å². The standard InChI is InChI=1S/C15H19NO5/c1-15(14(18)19)9-21-8-12(15)16-13(17)7-10-5-3-4-6-11(10)20-2/h3-6,12H,7-9H2,1-2H3,(H,16,17)(H,18,19). The second-order valence-electron chi connectivity index (χ2n) is 5.35. The minimum absolute atomic E-state index is 0.0991. The highest BCUT2D eigenvalue weighted by Gasteiger charge is 2.47. The van der Waals surface area contributed by atoms with Crippen LogP contribution < -0.4 is 10.1 Å². The lowest BCUT2D eigenvalue weighted by Gasteiger charge is -2.25. The number of benzene rings is 1. The van der Waals surface area contributed by atoms with Crippen molar-refractivity contribution in [2.45, 2.75) is 19.4 Å². The lowest BCUT2D eigenvalue weighted by molar-refractivity contribution is -0.149. The van der Waals surface area contributed by atoms with Gasteiger partial charge in [0.1, 0.15) is 11.2 Å². The van der Waals surface area contributed by atoms with E-state index in [0.29, 0.717) is 5.75 Å². The number of nitrogens with one attached hydrogen (secondary N) is 1. The van der Waals surface area contributed by atoms with Crippen LogP contribution in [0.2, 0.25) is 0 Å². The summed E-state index contributed by atoms with van der Waals surface area (Å²) >= 11 is 0. The van der Waals surface area contributed by atoms with Gasteiger partial charge in [0.25, 0.3) is 0 Å². The molecule has 1 aliphatic rings. The molecule has 1 amide bonds. The summed E-state index contributed by atoms with van der Waals surface area (Å²) in [6.45, 7) is 1.89. The fourth-order valence-electron chi connectivity index (χ4n) is 2.35. The summed E-state index contributed by atoms with van der Waals surface area (Å²) in [5.41, 5.74) is -0.329. The van der Waals surface area contributed by atoms with Gasteiger partial charge < -0.3 is 19.9 Å². The smallest absolute Gasteiger partial charge is 0.313 e. The van der Waals surface area contributed by atoms with E-state index >= 15 is 0 Å². The van der Waals surface area contributed by atoms with Crippen LogP contribution in [-0.4, -0.2) is 43.3 Å². The van der Waals surface area contributed by atoms with E-state index in [1.807, 2.05) is 12.1 Å². The summed E-state index contributed by atoms with van der Waals surface area (Å²) in [6.07, 6.45) is 0.135. The lowest BCUT2D eigenvalue weighted by Crippen LogP contribution is -2.50. The minimum atomic E-state index is -1.09. The van der Waals surface area contributed by atoms with Crippen LogP contribution in [0, 0.1) is 5.41 Å². The summed E-state index contributed by atoms with van der Waals surface area (Å²) in [7, 11) is 1.54. The fraction of sp³-hybridized carbons (Fsp3) is 0.467. The average Bonchev–Trinajstić information content (AvgIpc) is 2.82. The minimum Gasteiger partial charge on any atom is -0.496 e. The second-order valence-corrected chi connectivity index (χ2v) is 5.35. The van der Waals surface area contributed by atoms with Crippen molar-refractivity contribution in [3.05, 3.63) is 29.8 Å². The molecule has 2 N–H and O–H groups in total. The molecule has 2 atom stereocenters. The normalized spacial score (nSPS) is 24.6. The van der Waals surface area contributed by atoms with Gasteiger partial charge in [-0.2, -0.15) is 0 Å². The van der Waals surface area contributed by atoms with E-state index in [1.54, 1.807) is 26.2 Å². The van der Waals surface area contributed by atoms with Crippen LogP contribution >= 0.6 is 0 Å². The number of hydrogen-bond donors (Lipinski definition) is 2. The van der Waals surface area contributed by atoms with Crippen molar-refractivity contribution in [2.75, 3.05) is 20.3 Å². The highest BCUT2D eigenvalue weighted by molar-refractivity contribution is 5.82. The predicted molar refractivity (Wildman–Crippen MR) is 75.2 cm³/mol. The maximum atomic E-state index is 12.1. The molecule has 0 aliphatic carbocycles. The van der Waals surface area contributed by atoms with Crippen LogP contribution in [0.15, 0.2) is 24.3 Å². The lowest BCUT2D eigenvalue weighted by atomic mass is 9.85. The van der Waals surface area contributed by atoms with Crippen LogP contribution in [0.3, 0.4) is 0 Å². The molecule has 1 heterocycles. The van der Waals surface area contributed by atoms with E-state index < -0.39 is 17.4 Å². The van der Waals surface area contributed by atoms with Crippen molar-refractivity contribution in [2.24, 2.45) is 5.41 Å². The fourth-order valence-corrected chi connectivity index (χ4v) is 2.35. The van der Waals surface area contributed by atoms with Crippen LogP contribution in [0.1, 0.15) is 12.5 Å². The number of carboxylic acids is 1. The number of methoxy groups -OCH3 is 1. The summed E-state index contributed by atoms with van der Waals surface area (Å²) in [5, 5.41) is 12.0. The molecule has 1 aromatic carbocycles. The molecule has 2 unspecified atom stereocenters. The third-order valence-corrected chi connectivity index (χ3v) is 3.82. The predicted octanol–water partition coefficient (Wildman–Crippen LogP) is 0.844. The van der Waals surface area contributed by atoms with E-state index in [9.17, 15) is 14.7 Å². The van der Waals surface area contributed by atoms with E-state index in [2.05, 4.69) is 5.32 Å². The van der Waals surface area contributed by atoms with Gasteiger partial charge in [-0.15, -0.1) is 0 Å². The van der Waals surface area contributed by atoms with E-state index in [-0.39, 0.29) is 25.5 Å². The molecule has 0 saturated carbocycles. The summed E-state index contributed by atoms with van der Waals surface area (Å²) in [4.78, 5) is 23.5. The zero-order valence-electron chi connectivity index (χ0n) is 12.1. The molecule has 6 nitrogen and oxygen atoms in total. The number of rotatable bonds is 5. The van der Waals surface area contributed by atoms with Crippen molar-refractivity contribution in [3.63, 3.8) is 0 Å². The van der Waals surface area contributed by atoms with Gasteiger partial charge in [0.15, 0.2) is 0 Å². The third-order valence-electron chi connectivity index (χ3n) is 3.82. The maximum absolute atomic E-state index is 12.1. The molecule has 0 aromatic heterocycles. The van der Waals surface area contributed by atoms with Crippen LogP contribution in [-0.2, 0) is 20.7 Å². The summed E-state index contributed by atoms with van der Waals surface area (Å²) < 4.78 is 10.4. The Hall–Kier alpha value is -2.08. The summed E-state index contributed by atoms with van der Waals surface area (Å²) in [6, 6.07) is 6.71. The van der Waals surface area contributed by atoms with Gasteiger partial charge >= 0.3 is 5.97 Å². The molecule has 1 fully saturated rings. The van der Waals surface area contributed by atoms with E-state index in [1.165, 1.54) is 0 Å². The quantitative estimate of drug-likeness (QED) is 0.840. The first-order valence-corrected chi connectivity index (χ1v) is 6.70. The second kappa shape index (κ2) is 6.13. The highest BCUT2D eigenvalue weighted by Crippen LogP contribution is 2.29.